The Hall–Kier alpha value is -1.92. The van der Waals surface area contributed by atoms with Crippen molar-refractivity contribution in [2.75, 3.05) is 13.1 Å². The lowest BCUT2D eigenvalue weighted by molar-refractivity contribution is 0.0726. The standard InChI is InChI=1S/C18H17ClFNO3S/c19-17-12-13(20)6-7-16(17)18(22)21-10-8-15(9-11-21)25(23,24)14-4-2-1-3-5-14/h1-7,12,15H,8-11H2. The molecule has 2 aromatic carbocycles. The van der Waals surface area contributed by atoms with Gasteiger partial charge in [0.25, 0.3) is 5.91 Å². The number of amides is 1. The Bertz CT molecular complexity index is 878. The van der Waals surface area contributed by atoms with E-state index in [-0.39, 0.29) is 16.5 Å². The van der Waals surface area contributed by atoms with E-state index < -0.39 is 20.9 Å². The molecule has 1 aliphatic rings. The Labute approximate surface area is 151 Å². The number of halogens is 2. The van der Waals surface area contributed by atoms with Crippen molar-refractivity contribution in [3.8, 4) is 0 Å². The summed E-state index contributed by atoms with van der Waals surface area (Å²) >= 11 is 5.94. The molecule has 0 saturated carbocycles. The van der Waals surface area contributed by atoms with Crippen molar-refractivity contribution in [1.29, 1.82) is 0 Å². The minimum absolute atomic E-state index is 0.0593. The van der Waals surface area contributed by atoms with Gasteiger partial charge in [0.05, 0.1) is 20.7 Å². The molecular formula is C18H17ClFNO3S. The van der Waals surface area contributed by atoms with Crippen LogP contribution in [0.25, 0.3) is 0 Å². The molecule has 4 nitrogen and oxygen atoms in total. The second-order valence-electron chi connectivity index (χ2n) is 5.97. The number of nitrogens with zero attached hydrogens (tertiary/aromatic N) is 1. The van der Waals surface area contributed by atoms with Crippen LogP contribution in [0.4, 0.5) is 4.39 Å². The Morgan fingerprint density at radius 2 is 1.72 bits per heavy atom. The van der Waals surface area contributed by atoms with Crippen molar-refractivity contribution >= 4 is 27.3 Å². The van der Waals surface area contributed by atoms with Crippen LogP contribution in [0.5, 0.6) is 0 Å². The molecule has 7 heteroatoms. The van der Waals surface area contributed by atoms with E-state index in [0.29, 0.717) is 30.8 Å². The number of hydrogen-bond acceptors (Lipinski definition) is 3. The van der Waals surface area contributed by atoms with Crippen LogP contribution in [0.3, 0.4) is 0 Å². The SMILES string of the molecule is O=C(c1ccc(F)cc1Cl)N1CCC(S(=O)(=O)c2ccccc2)CC1. The molecule has 1 aliphatic heterocycles. The minimum atomic E-state index is -3.40. The van der Waals surface area contributed by atoms with E-state index in [9.17, 15) is 17.6 Å². The van der Waals surface area contributed by atoms with E-state index in [2.05, 4.69) is 0 Å². The first-order chi connectivity index (χ1) is 11.9. The lowest BCUT2D eigenvalue weighted by atomic mass is 10.1. The molecule has 3 rings (SSSR count). The van der Waals surface area contributed by atoms with Crippen LogP contribution >= 0.6 is 11.6 Å². The van der Waals surface area contributed by atoms with Gasteiger partial charge in [-0.1, -0.05) is 29.8 Å². The second kappa shape index (κ2) is 7.14. The molecule has 0 radical (unpaired) electrons. The number of hydrogen-bond donors (Lipinski definition) is 0. The molecule has 132 valence electrons. The van der Waals surface area contributed by atoms with Gasteiger partial charge in [-0.05, 0) is 43.2 Å². The Morgan fingerprint density at radius 3 is 2.32 bits per heavy atom. The Balaban J connectivity index is 1.70. The van der Waals surface area contributed by atoms with Gasteiger partial charge in [0.15, 0.2) is 9.84 Å². The van der Waals surface area contributed by atoms with Gasteiger partial charge in [0, 0.05) is 13.1 Å². The van der Waals surface area contributed by atoms with Crippen molar-refractivity contribution in [2.24, 2.45) is 0 Å². The zero-order chi connectivity index (χ0) is 18.0. The topological polar surface area (TPSA) is 54.5 Å². The van der Waals surface area contributed by atoms with Gasteiger partial charge in [-0.25, -0.2) is 12.8 Å². The van der Waals surface area contributed by atoms with Gasteiger partial charge in [0.1, 0.15) is 5.82 Å². The summed E-state index contributed by atoms with van der Waals surface area (Å²) in [5.41, 5.74) is 0.229. The molecule has 2 aromatic rings. The first-order valence-corrected chi connectivity index (χ1v) is 9.85. The number of carbonyl (C=O) groups excluding carboxylic acids is 1. The van der Waals surface area contributed by atoms with Crippen LogP contribution in [0.1, 0.15) is 23.2 Å². The normalized spacial score (nSPS) is 16.0. The van der Waals surface area contributed by atoms with Crippen molar-refractivity contribution in [1.82, 2.24) is 4.90 Å². The van der Waals surface area contributed by atoms with Crippen molar-refractivity contribution in [3.05, 3.63) is 64.9 Å². The van der Waals surface area contributed by atoms with Gasteiger partial charge in [-0.2, -0.15) is 0 Å². The smallest absolute Gasteiger partial charge is 0.255 e. The fourth-order valence-electron chi connectivity index (χ4n) is 3.01. The fourth-order valence-corrected chi connectivity index (χ4v) is 5.01. The Morgan fingerprint density at radius 1 is 1.08 bits per heavy atom. The van der Waals surface area contributed by atoms with E-state index in [1.807, 2.05) is 0 Å². The van der Waals surface area contributed by atoms with Crippen LogP contribution in [-0.2, 0) is 9.84 Å². The van der Waals surface area contributed by atoms with Crippen molar-refractivity contribution < 1.29 is 17.6 Å². The monoisotopic (exact) mass is 381 g/mol. The van der Waals surface area contributed by atoms with Gasteiger partial charge in [0.2, 0.25) is 0 Å². The van der Waals surface area contributed by atoms with Crippen molar-refractivity contribution in [2.45, 2.75) is 23.0 Å². The molecule has 0 bridgehead atoms. The quantitative estimate of drug-likeness (QED) is 0.816. The number of likely N-dealkylation sites (tertiary alicyclic amines) is 1. The first-order valence-electron chi connectivity index (χ1n) is 7.93. The van der Waals surface area contributed by atoms with E-state index >= 15 is 0 Å². The lowest BCUT2D eigenvalue weighted by Gasteiger charge is -2.32. The largest absolute Gasteiger partial charge is 0.339 e. The van der Waals surface area contributed by atoms with Crippen LogP contribution in [0.15, 0.2) is 53.4 Å². The second-order valence-corrected chi connectivity index (χ2v) is 8.61. The highest BCUT2D eigenvalue weighted by Crippen LogP contribution is 2.26. The van der Waals surface area contributed by atoms with Crippen LogP contribution in [0, 0.1) is 5.82 Å². The number of sulfone groups is 1. The highest BCUT2D eigenvalue weighted by Gasteiger charge is 2.33. The number of benzene rings is 2. The molecule has 0 atom stereocenters. The summed E-state index contributed by atoms with van der Waals surface area (Å²) in [4.78, 5) is 14.4. The Kier molecular flexibility index (Phi) is 5.11. The summed E-state index contributed by atoms with van der Waals surface area (Å²) < 4.78 is 38.4. The maximum absolute atomic E-state index is 13.1. The van der Waals surface area contributed by atoms with E-state index in [1.165, 1.54) is 12.1 Å². The lowest BCUT2D eigenvalue weighted by Crippen LogP contribution is -2.42. The summed E-state index contributed by atoms with van der Waals surface area (Å²) in [6.07, 6.45) is 0.726. The molecule has 1 fully saturated rings. The van der Waals surface area contributed by atoms with Gasteiger partial charge >= 0.3 is 0 Å². The third-order valence-electron chi connectivity index (χ3n) is 4.40. The van der Waals surface area contributed by atoms with Gasteiger partial charge in [-0.15, -0.1) is 0 Å². The molecule has 25 heavy (non-hydrogen) atoms. The zero-order valence-corrected chi connectivity index (χ0v) is 14.9. The molecule has 0 N–H and O–H groups in total. The molecule has 0 aromatic heterocycles. The van der Waals surface area contributed by atoms with E-state index in [4.69, 9.17) is 11.6 Å². The highest BCUT2D eigenvalue weighted by atomic mass is 35.5. The van der Waals surface area contributed by atoms with Crippen LogP contribution < -0.4 is 0 Å². The molecule has 1 heterocycles. The molecular weight excluding hydrogens is 365 g/mol. The number of piperidine rings is 1. The molecule has 0 unspecified atom stereocenters. The zero-order valence-electron chi connectivity index (χ0n) is 13.4. The average Bonchev–Trinajstić information content (AvgIpc) is 2.62. The fraction of sp³-hybridized carbons (Fsp3) is 0.278. The summed E-state index contributed by atoms with van der Waals surface area (Å²) in [5.74, 6) is -0.810. The minimum Gasteiger partial charge on any atom is -0.339 e. The molecule has 1 saturated heterocycles. The third kappa shape index (κ3) is 3.70. The maximum atomic E-state index is 13.1. The summed E-state index contributed by atoms with van der Waals surface area (Å²) in [7, 11) is -3.40. The molecule has 1 amide bonds. The van der Waals surface area contributed by atoms with Gasteiger partial charge in [-0.3, -0.25) is 4.79 Å². The molecule has 0 spiro atoms. The first kappa shape index (κ1) is 17.9. The maximum Gasteiger partial charge on any atom is 0.255 e. The van der Waals surface area contributed by atoms with E-state index in [0.717, 1.165) is 6.07 Å². The van der Waals surface area contributed by atoms with Gasteiger partial charge < -0.3 is 4.90 Å². The highest BCUT2D eigenvalue weighted by molar-refractivity contribution is 7.92. The van der Waals surface area contributed by atoms with Crippen LogP contribution in [-0.4, -0.2) is 37.6 Å². The number of rotatable bonds is 3. The van der Waals surface area contributed by atoms with E-state index in [1.54, 1.807) is 35.2 Å². The predicted molar refractivity (Wildman–Crippen MR) is 94.0 cm³/mol. The average molecular weight is 382 g/mol. The molecule has 0 aliphatic carbocycles. The third-order valence-corrected chi connectivity index (χ3v) is 6.99. The summed E-state index contributed by atoms with van der Waals surface area (Å²) in [6.45, 7) is 0.645. The van der Waals surface area contributed by atoms with Crippen LogP contribution in [0.2, 0.25) is 5.02 Å². The number of carbonyl (C=O) groups is 1. The predicted octanol–water partition coefficient (Wildman–Crippen LogP) is 3.56. The summed E-state index contributed by atoms with van der Waals surface area (Å²) in [6, 6.07) is 12.0. The van der Waals surface area contributed by atoms with Crippen molar-refractivity contribution in [3.63, 3.8) is 0 Å². The summed E-state index contributed by atoms with van der Waals surface area (Å²) in [5, 5.41) is -0.452.